The third-order valence-corrected chi connectivity index (χ3v) is 4.49. The first-order chi connectivity index (χ1) is 11.4. The molecule has 0 bridgehead atoms. The highest BCUT2D eigenvalue weighted by Crippen LogP contribution is 2.32. The molecule has 1 N–H and O–H groups in total. The fourth-order valence-corrected chi connectivity index (χ4v) is 2.99. The molecule has 7 heteroatoms. The molecule has 1 aromatic carbocycles. The summed E-state index contributed by atoms with van der Waals surface area (Å²) < 4.78 is 39.1. The largest absolute Gasteiger partial charge is 0.416 e. The number of hydrogen-bond acceptors (Lipinski definition) is 3. The molecule has 2 fully saturated rings. The highest BCUT2D eigenvalue weighted by molar-refractivity contribution is 5.78. The van der Waals surface area contributed by atoms with Gasteiger partial charge in [-0.1, -0.05) is 18.2 Å². The maximum Gasteiger partial charge on any atom is 0.416 e. The molecule has 0 aromatic heterocycles. The Balaban J connectivity index is 1.49. The van der Waals surface area contributed by atoms with Gasteiger partial charge in [-0.15, -0.1) is 0 Å². The summed E-state index contributed by atoms with van der Waals surface area (Å²) in [5.74, 6) is 0.0494. The van der Waals surface area contributed by atoms with E-state index >= 15 is 0 Å². The van der Waals surface area contributed by atoms with Crippen LogP contribution in [0.3, 0.4) is 0 Å². The van der Waals surface area contributed by atoms with Gasteiger partial charge in [-0.25, -0.2) is 0 Å². The van der Waals surface area contributed by atoms with Gasteiger partial charge in [-0.2, -0.15) is 13.2 Å². The van der Waals surface area contributed by atoms with Crippen molar-refractivity contribution in [3.63, 3.8) is 0 Å². The number of rotatable bonds is 5. The molecule has 1 aromatic rings. The smallest absolute Gasteiger partial charge is 0.352 e. The van der Waals surface area contributed by atoms with Gasteiger partial charge >= 0.3 is 6.18 Å². The van der Waals surface area contributed by atoms with Crippen LogP contribution in [0.25, 0.3) is 0 Å². The standard InChI is InChI=1S/C17H22F3N3O/c18-17(19,20)15-4-2-1-3-13(15)11-22-7-9-23(10-8-22)12-16(24)21-14-5-6-14/h1-4,14H,5-12H2,(H,21,24). The highest BCUT2D eigenvalue weighted by Gasteiger charge is 2.33. The first-order valence-electron chi connectivity index (χ1n) is 8.31. The minimum Gasteiger partial charge on any atom is -0.352 e. The molecule has 0 radical (unpaired) electrons. The Hall–Kier alpha value is -1.60. The number of halogens is 3. The van der Waals surface area contributed by atoms with Crippen LogP contribution in [0.4, 0.5) is 13.2 Å². The van der Waals surface area contributed by atoms with Crippen molar-refractivity contribution in [2.24, 2.45) is 0 Å². The molecular weight excluding hydrogens is 319 g/mol. The van der Waals surface area contributed by atoms with Crippen molar-refractivity contribution in [3.05, 3.63) is 35.4 Å². The van der Waals surface area contributed by atoms with Crippen molar-refractivity contribution in [1.29, 1.82) is 0 Å². The number of alkyl halides is 3. The third kappa shape index (κ3) is 4.70. The molecule has 3 rings (SSSR count). The molecule has 1 aliphatic heterocycles. The second kappa shape index (κ2) is 7.11. The molecule has 4 nitrogen and oxygen atoms in total. The van der Waals surface area contributed by atoms with Crippen LogP contribution in [-0.2, 0) is 17.5 Å². The van der Waals surface area contributed by atoms with Gasteiger partial charge in [0.1, 0.15) is 0 Å². The molecule has 0 atom stereocenters. The van der Waals surface area contributed by atoms with Gasteiger partial charge in [-0.3, -0.25) is 14.6 Å². The minimum atomic E-state index is -4.32. The zero-order valence-electron chi connectivity index (χ0n) is 13.5. The summed E-state index contributed by atoms with van der Waals surface area (Å²) >= 11 is 0. The quantitative estimate of drug-likeness (QED) is 0.891. The summed E-state index contributed by atoms with van der Waals surface area (Å²) in [5, 5.41) is 2.96. The number of carbonyl (C=O) groups is 1. The van der Waals surface area contributed by atoms with Gasteiger partial charge in [0.05, 0.1) is 12.1 Å². The predicted octanol–water partition coefficient (Wildman–Crippen LogP) is 2.10. The van der Waals surface area contributed by atoms with Gasteiger partial charge in [0, 0.05) is 38.8 Å². The summed E-state index contributed by atoms with van der Waals surface area (Å²) in [4.78, 5) is 15.9. The first kappa shape index (κ1) is 17.2. The summed E-state index contributed by atoms with van der Waals surface area (Å²) in [5.41, 5.74) is -0.249. The summed E-state index contributed by atoms with van der Waals surface area (Å²) in [6.07, 6.45) is -2.18. The minimum absolute atomic E-state index is 0.0494. The number of nitrogens with one attached hydrogen (secondary N) is 1. The molecule has 1 heterocycles. The first-order valence-corrected chi connectivity index (χ1v) is 8.31. The summed E-state index contributed by atoms with van der Waals surface area (Å²) in [7, 11) is 0. The second-order valence-electron chi connectivity index (χ2n) is 6.55. The molecule has 1 saturated carbocycles. The lowest BCUT2D eigenvalue weighted by Crippen LogP contribution is -2.49. The zero-order chi connectivity index (χ0) is 17.2. The molecule has 0 unspecified atom stereocenters. The van der Waals surface area contributed by atoms with Gasteiger partial charge in [0.15, 0.2) is 0 Å². The number of hydrogen-bond donors (Lipinski definition) is 1. The fraction of sp³-hybridized carbons (Fsp3) is 0.588. The molecule has 24 heavy (non-hydrogen) atoms. The van der Waals surface area contributed by atoms with E-state index in [9.17, 15) is 18.0 Å². The molecule has 2 aliphatic rings. The Morgan fingerprint density at radius 3 is 2.33 bits per heavy atom. The van der Waals surface area contributed by atoms with Crippen LogP contribution in [0.5, 0.6) is 0 Å². The van der Waals surface area contributed by atoms with Crippen molar-refractivity contribution >= 4 is 5.91 Å². The van der Waals surface area contributed by atoms with E-state index in [0.29, 0.717) is 44.3 Å². The maximum atomic E-state index is 13.0. The van der Waals surface area contributed by atoms with E-state index < -0.39 is 11.7 Å². The third-order valence-electron chi connectivity index (χ3n) is 4.49. The molecule has 1 aliphatic carbocycles. The van der Waals surface area contributed by atoms with E-state index in [4.69, 9.17) is 0 Å². The lowest BCUT2D eigenvalue weighted by Gasteiger charge is -2.34. The number of benzene rings is 1. The van der Waals surface area contributed by atoms with Crippen molar-refractivity contribution in [2.75, 3.05) is 32.7 Å². The Bertz CT molecular complexity index is 579. The van der Waals surface area contributed by atoms with Crippen LogP contribution < -0.4 is 5.32 Å². The van der Waals surface area contributed by atoms with Crippen molar-refractivity contribution in [1.82, 2.24) is 15.1 Å². The Labute approximate surface area is 139 Å². The van der Waals surface area contributed by atoms with E-state index in [1.165, 1.54) is 12.1 Å². The van der Waals surface area contributed by atoms with Crippen LogP contribution in [0.15, 0.2) is 24.3 Å². The van der Waals surface area contributed by atoms with Gasteiger partial charge in [0.2, 0.25) is 5.91 Å². The molecular formula is C17H22F3N3O. The van der Waals surface area contributed by atoms with Gasteiger partial charge in [-0.05, 0) is 24.5 Å². The molecule has 132 valence electrons. The normalized spacial score (nSPS) is 20.1. The van der Waals surface area contributed by atoms with Gasteiger partial charge < -0.3 is 5.32 Å². The topological polar surface area (TPSA) is 35.6 Å². The lowest BCUT2D eigenvalue weighted by molar-refractivity contribution is -0.138. The Morgan fingerprint density at radius 1 is 1.08 bits per heavy atom. The Kier molecular flexibility index (Phi) is 5.10. The van der Waals surface area contributed by atoms with Crippen molar-refractivity contribution in [3.8, 4) is 0 Å². The van der Waals surface area contributed by atoms with Crippen LogP contribution in [0.2, 0.25) is 0 Å². The van der Waals surface area contributed by atoms with Crippen molar-refractivity contribution < 1.29 is 18.0 Å². The van der Waals surface area contributed by atoms with E-state index in [-0.39, 0.29) is 12.5 Å². The predicted molar refractivity (Wildman–Crippen MR) is 84.3 cm³/mol. The van der Waals surface area contributed by atoms with E-state index in [1.807, 2.05) is 4.90 Å². The summed E-state index contributed by atoms with van der Waals surface area (Å²) in [6, 6.07) is 6.09. The number of nitrogens with zero attached hydrogens (tertiary/aromatic N) is 2. The zero-order valence-corrected chi connectivity index (χ0v) is 13.5. The van der Waals surface area contributed by atoms with Gasteiger partial charge in [0.25, 0.3) is 0 Å². The monoisotopic (exact) mass is 341 g/mol. The highest BCUT2D eigenvalue weighted by atomic mass is 19.4. The van der Waals surface area contributed by atoms with Crippen LogP contribution in [0, 0.1) is 0 Å². The van der Waals surface area contributed by atoms with Crippen LogP contribution in [0.1, 0.15) is 24.0 Å². The SMILES string of the molecule is O=C(CN1CCN(Cc2ccccc2C(F)(F)F)CC1)NC1CC1. The van der Waals surface area contributed by atoms with E-state index in [1.54, 1.807) is 6.07 Å². The van der Waals surface area contributed by atoms with Crippen LogP contribution in [-0.4, -0.2) is 54.5 Å². The molecule has 1 saturated heterocycles. The molecule has 0 spiro atoms. The number of piperazine rings is 1. The number of carbonyl (C=O) groups excluding carboxylic acids is 1. The molecule has 1 amide bonds. The average molecular weight is 341 g/mol. The van der Waals surface area contributed by atoms with Crippen LogP contribution >= 0.6 is 0 Å². The fourth-order valence-electron chi connectivity index (χ4n) is 2.99. The Morgan fingerprint density at radius 2 is 1.71 bits per heavy atom. The summed E-state index contributed by atoms with van der Waals surface area (Å²) in [6.45, 7) is 3.41. The second-order valence-corrected chi connectivity index (χ2v) is 6.55. The number of amides is 1. The van der Waals surface area contributed by atoms with E-state index in [2.05, 4.69) is 10.2 Å². The van der Waals surface area contributed by atoms with Crippen molar-refractivity contribution in [2.45, 2.75) is 31.6 Å². The average Bonchev–Trinajstić information content (AvgIpc) is 3.32. The maximum absolute atomic E-state index is 13.0. The van der Waals surface area contributed by atoms with E-state index in [0.717, 1.165) is 18.9 Å². The lowest BCUT2D eigenvalue weighted by atomic mass is 10.1.